The van der Waals surface area contributed by atoms with Crippen molar-refractivity contribution in [3.05, 3.63) is 58.8 Å². The van der Waals surface area contributed by atoms with Crippen LogP contribution in [0, 0.1) is 6.92 Å². The number of aromatic nitrogens is 3. The molecule has 0 saturated heterocycles. The second-order valence-corrected chi connectivity index (χ2v) is 6.15. The smallest absolute Gasteiger partial charge is 0.260 e. The van der Waals surface area contributed by atoms with Gasteiger partial charge in [-0.2, -0.15) is 0 Å². The van der Waals surface area contributed by atoms with Crippen LogP contribution in [0.25, 0.3) is 11.3 Å². The van der Waals surface area contributed by atoms with Crippen molar-refractivity contribution in [3.8, 4) is 11.3 Å². The maximum Gasteiger partial charge on any atom is 0.260 e. The molecule has 0 radical (unpaired) electrons. The summed E-state index contributed by atoms with van der Waals surface area (Å²) in [5.74, 6) is 0.394. The third-order valence-corrected chi connectivity index (χ3v) is 4.58. The number of halogens is 1. The van der Waals surface area contributed by atoms with Gasteiger partial charge in [-0.3, -0.25) is 4.79 Å². The molecule has 0 fully saturated rings. The zero-order valence-electron chi connectivity index (χ0n) is 13.1. The molecule has 1 aliphatic rings. The molecule has 3 heterocycles. The topological polar surface area (TPSA) is 64.2 Å². The fourth-order valence-corrected chi connectivity index (χ4v) is 3.20. The van der Waals surface area contributed by atoms with Gasteiger partial charge in [0.25, 0.3) is 5.91 Å². The Morgan fingerprint density at radius 1 is 1.29 bits per heavy atom. The summed E-state index contributed by atoms with van der Waals surface area (Å²) in [5.41, 5.74) is 2.67. The molecule has 6 nitrogen and oxygen atoms in total. The number of nitrogens with zero attached hydrogens (tertiary/aromatic N) is 4. The first-order valence-corrected chi connectivity index (χ1v) is 8.02. The normalized spacial score (nSPS) is 13.8. The number of aryl methyl sites for hydroxylation is 1. The van der Waals surface area contributed by atoms with Crippen molar-refractivity contribution < 1.29 is 9.32 Å². The summed E-state index contributed by atoms with van der Waals surface area (Å²) in [7, 11) is 0. The van der Waals surface area contributed by atoms with Gasteiger partial charge in [-0.15, -0.1) is 0 Å². The third-order valence-electron chi connectivity index (χ3n) is 4.25. The van der Waals surface area contributed by atoms with E-state index in [-0.39, 0.29) is 5.91 Å². The lowest BCUT2D eigenvalue weighted by atomic mass is 10.0. The average molecular weight is 343 g/mol. The highest BCUT2D eigenvalue weighted by Crippen LogP contribution is 2.32. The number of hydrogen-bond acceptors (Lipinski definition) is 4. The number of carbonyl (C=O) groups is 1. The third kappa shape index (κ3) is 2.39. The van der Waals surface area contributed by atoms with Gasteiger partial charge in [-0.1, -0.05) is 35.0 Å². The summed E-state index contributed by atoms with van der Waals surface area (Å²) >= 11 is 6.26. The number of imidazole rings is 1. The molecule has 0 bridgehead atoms. The molecule has 2 aromatic heterocycles. The Bertz CT molecular complexity index is 915. The number of fused-ring (bicyclic) bond motifs is 1. The first kappa shape index (κ1) is 15.0. The van der Waals surface area contributed by atoms with Crippen molar-refractivity contribution in [2.24, 2.45) is 0 Å². The lowest BCUT2D eigenvalue weighted by Crippen LogP contribution is -2.38. The molecule has 0 spiro atoms. The number of hydrogen-bond donors (Lipinski definition) is 0. The van der Waals surface area contributed by atoms with Crippen LogP contribution in [0.3, 0.4) is 0 Å². The quantitative estimate of drug-likeness (QED) is 0.717. The highest BCUT2D eigenvalue weighted by Gasteiger charge is 2.29. The minimum Gasteiger partial charge on any atom is -0.360 e. The molecule has 0 atom stereocenters. The predicted molar refractivity (Wildman–Crippen MR) is 88.7 cm³/mol. The number of carbonyl (C=O) groups excluding carboxylic acids is 1. The monoisotopic (exact) mass is 342 g/mol. The highest BCUT2D eigenvalue weighted by atomic mass is 35.5. The van der Waals surface area contributed by atoms with Crippen molar-refractivity contribution in [1.29, 1.82) is 0 Å². The molecule has 1 amide bonds. The van der Waals surface area contributed by atoms with E-state index in [9.17, 15) is 4.79 Å². The van der Waals surface area contributed by atoms with Crippen LogP contribution in [-0.4, -0.2) is 32.1 Å². The van der Waals surface area contributed by atoms with Gasteiger partial charge in [0, 0.05) is 24.8 Å². The SMILES string of the molecule is Cc1onc(-c2ccccc2Cl)c1C(=O)N1CCn2cncc2C1. The van der Waals surface area contributed by atoms with Gasteiger partial charge in [-0.05, 0) is 13.0 Å². The van der Waals surface area contributed by atoms with E-state index in [4.69, 9.17) is 16.1 Å². The molecule has 1 aromatic carbocycles. The van der Waals surface area contributed by atoms with Crippen molar-refractivity contribution in [2.45, 2.75) is 20.0 Å². The van der Waals surface area contributed by atoms with Crippen LogP contribution in [0.4, 0.5) is 0 Å². The van der Waals surface area contributed by atoms with E-state index in [2.05, 4.69) is 14.7 Å². The van der Waals surface area contributed by atoms with E-state index < -0.39 is 0 Å². The summed E-state index contributed by atoms with van der Waals surface area (Å²) in [4.78, 5) is 19.0. The molecule has 24 heavy (non-hydrogen) atoms. The number of amides is 1. The van der Waals surface area contributed by atoms with E-state index in [0.717, 1.165) is 12.2 Å². The summed E-state index contributed by atoms with van der Waals surface area (Å²) in [6, 6.07) is 7.31. The molecule has 1 aliphatic heterocycles. The Kier molecular flexibility index (Phi) is 3.61. The molecule has 0 aliphatic carbocycles. The van der Waals surface area contributed by atoms with Crippen LogP contribution in [-0.2, 0) is 13.1 Å². The van der Waals surface area contributed by atoms with Crippen LogP contribution < -0.4 is 0 Å². The van der Waals surface area contributed by atoms with Gasteiger partial charge in [0.05, 0.1) is 23.6 Å². The highest BCUT2D eigenvalue weighted by molar-refractivity contribution is 6.33. The van der Waals surface area contributed by atoms with Crippen molar-refractivity contribution in [3.63, 3.8) is 0 Å². The summed E-state index contributed by atoms with van der Waals surface area (Å²) in [6.07, 6.45) is 3.58. The van der Waals surface area contributed by atoms with Gasteiger partial charge in [0.15, 0.2) is 0 Å². The number of rotatable bonds is 2. The average Bonchev–Trinajstić information content (AvgIpc) is 3.20. The molecular weight excluding hydrogens is 328 g/mol. The standard InChI is InChI=1S/C17H15ClN4O2/c1-11-15(16(20-24-11)13-4-2-3-5-14(13)18)17(23)21-6-7-22-10-19-8-12(22)9-21/h2-5,8,10H,6-7,9H2,1H3. The molecule has 3 aromatic rings. The van der Waals surface area contributed by atoms with Crippen molar-refractivity contribution in [2.75, 3.05) is 6.54 Å². The second-order valence-electron chi connectivity index (χ2n) is 5.75. The van der Waals surface area contributed by atoms with Crippen LogP contribution in [0.5, 0.6) is 0 Å². The molecule has 122 valence electrons. The van der Waals surface area contributed by atoms with Crippen LogP contribution in [0.15, 0.2) is 41.3 Å². The van der Waals surface area contributed by atoms with Crippen LogP contribution >= 0.6 is 11.6 Å². The Morgan fingerprint density at radius 3 is 2.96 bits per heavy atom. The van der Waals surface area contributed by atoms with E-state index in [1.165, 1.54) is 0 Å². The lowest BCUT2D eigenvalue weighted by Gasteiger charge is -2.28. The van der Waals surface area contributed by atoms with Gasteiger partial charge in [0.2, 0.25) is 0 Å². The summed E-state index contributed by atoms with van der Waals surface area (Å²) in [5, 5.41) is 4.61. The van der Waals surface area contributed by atoms with Gasteiger partial charge in [0.1, 0.15) is 17.0 Å². The fourth-order valence-electron chi connectivity index (χ4n) is 2.98. The first-order valence-electron chi connectivity index (χ1n) is 7.64. The second kappa shape index (κ2) is 5.79. The fraction of sp³-hybridized carbons (Fsp3) is 0.235. The number of benzene rings is 1. The minimum absolute atomic E-state index is 0.101. The predicted octanol–water partition coefficient (Wildman–Crippen LogP) is 3.16. The Hall–Kier alpha value is -2.60. The van der Waals surface area contributed by atoms with E-state index in [1.54, 1.807) is 30.4 Å². The Balaban J connectivity index is 1.71. The van der Waals surface area contributed by atoms with E-state index in [0.29, 0.717) is 40.7 Å². The molecule has 0 saturated carbocycles. The van der Waals surface area contributed by atoms with Crippen molar-refractivity contribution in [1.82, 2.24) is 19.6 Å². The van der Waals surface area contributed by atoms with Gasteiger partial charge in [-0.25, -0.2) is 4.98 Å². The zero-order chi connectivity index (χ0) is 16.7. The Morgan fingerprint density at radius 2 is 2.12 bits per heavy atom. The van der Waals surface area contributed by atoms with Gasteiger partial charge < -0.3 is 14.0 Å². The van der Waals surface area contributed by atoms with Crippen LogP contribution in [0.2, 0.25) is 5.02 Å². The molecule has 7 heteroatoms. The lowest BCUT2D eigenvalue weighted by molar-refractivity contribution is 0.0710. The van der Waals surface area contributed by atoms with E-state index in [1.807, 2.05) is 18.2 Å². The van der Waals surface area contributed by atoms with Crippen LogP contribution in [0.1, 0.15) is 21.8 Å². The molecule has 0 unspecified atom stereocenters. The maximum atomic E-state index is 13.1. The van der Waals surface area contributed by atoms with E-state index >= 15 is 0 Å². The van der Waals surface area contributed by atoms with Crippen molar-refractivity contribution >= 4 is 17.5 Å². The molecule has 0 N–H and O–H groups in total. The first-order chi connectivity index (χ1) is 11.6. The Labute approximate surface area is 143 Å². The summed E-state index contributed by atoms with van der Waals surface area (Å²) < 4.78 is 7.35. The minimum atomic E-state index is -0.101. The summed E-state index contributed by atoms with van der Waals surface area (Å²) in [6.45, 7) is 3.61. The van der Waals surface area contributed by atoms with Gasteiger partial charge >= 0.3 is 0 Å². The largest absolute Gasteiger partial charge is 0.360 e. The molecular formula is C17H15ClN4O2. The molecule has 4 rings (SSSR count). The zero-order valence-corrected chi connectivity index (χ0v) is 13.8. The maximum absolute atomic E-state index is 13.1.